The lowest BCUT2D eigenvalue weighted by molar-refractivity contribution is 0.132. The van der Waals surface area contributed by atoms with Gasteiger partial charge in [0, 0.05) is 37.4 Å². The minimum atomic E-state index is -0.318. The first-order valence-corrected chi connectivity index (χ1v) is 5.20. The number of carbonyl (C=O) groups excluding carboxylic acids is 1. The maximum Gasteiger partial charge on any atom is 0.409 e. The van der Waals surface area contributed by atoms with Crippen LogP contribution in [0.4, 0.5) is 4.79 Å². The fourth-order valence-corrected chi connectivity index (χ4v) is 2.06. The van der Waals surface area contributed by atoms with Crippen LogP contribution in [0.1, 0.15) is 11.5 Å². The van der Waals surface area contributed by atoms with Gasteiger partial charge in [-0.2, -0.15) is 0 Å². The summed E-state index contributed by atoms with van der Waals surface area (Å²) in [7, 11) is 1.38. The Kier molecular flexibility index (Phi) is 3.05. The van der Waals surface area contributed by atoms with Crippen molar-refractivity contribution in [2.45, 2.75) is 12.0 Å². The van der Waals surface area contributed by atoms with E-state index in [1.165, 1.54) is 7.11 Å². The first kappa shape index (κ1) is 10.9. The van der Waals surface area contributed by atoms with Gasteiger partial charge in [-0.25, -0.2) is 4.79 Å². The van der Waals surface area contributed by atoms with Crippen LogP contribution in [0.3, 0.4) is 0 Å². The van der Waals surface area contributed by atoms with Crippen LogP contribution >= 0.6 is 0 Å². The molecule has 1 fully saturated rings. The van der Waals surface area contributed by atoms with Gasteiger partial charge >= 0.3 is 6.09 Å². The molecule has 0 bridgehead atoms. The lowest BCUT2D eigenvalue weighted by Gasteiger charge is -2.14. The zero-order valence-corrected chi connectivity index (χ0v) is 9.17. The highest BCUT2D eigenvalue weighted by atomic mass is 16.5. The largest absolute Gasteiger partial charge is 0.453 e. The highest BCUT2D eigenvalue weighted by Gasteiger charge is 2.34. The Morgan fingerprint density at radius 1 is 1.62 bits per heavy atom. The van der Waals surface area contributed by atoms with Crippen molar-refractivity contribution in [3.8, 4) is 0 Å². The molecule has 5 heteroatoms. The van der Waals surface area contributed by atoms with Gasteiger partial charge in [0.05, 0.1) is 7.11 Å². The van der Waals surface area contributed by atoms with Crippen LogP contribution in [0, 0.1) is 0 Å². The molecular formula is C11H15N3O2. The van der Waals surface area contributed by atoms with Gasteiger partial charge in [-0.1, -0.05) is 6.07 Å². The average molecular weight is 221 g/mol. The zero-order valence-electron chi connectivity index (χ0n) is 9.17. The predicted molar refractivity (Wildman–Crippen MR) is 58.9 cm³/mol. The molecule has 1 aliphatic rings. The number of rotatable bonds is 1. The van der Waals surface area contributed by atoms with Gasteiger partial charge in [0.25, 0.3) is 0 Å². The van der Waals surface area contributed by atoms with E-state index in [-0.39, 0.29) is 18.1 Å². The Morgan fingerprint density at radius 2 is 2.44 bits per heavy atom. The number of amides is 1. The summed E-state index contributed by atoms with van der Waals surface area (Å²) in [6, 6.07) is 3.81. The number of ether oxygens (including phenoxy) is 1. The SMILES string of the molecule is COC(=O)N1CC(N)C(c2cccnc2)C1. The Hall–Kier alpha value is -1.62. The second-order valence-corrected chi connectivity index (χ2v) is 3.93. The van der Waals surface area contributed by atoms with E-state index in [9.17, 15) is 4.79 Å². The molecule has 2 N–H and O–H groups in total. The molecule has 1 aliphatic heterocycles. The molecule has 86 valence electrons. The molecule has 2 atom stereocenters. The van der Waals surface area contributed by atoms with Crippen LogP contribution < -0.4 is 5.73 Å². The molecule has 0 aromatic carbocycles. The summed E-state index contributed by atoms with van der Waals surface area (Å²) in [6.07, 6.45) is 3.20. The molecule has 0 aliphatic carbocycles. The summed E-state index contributed by atoms with van der Waals surface area (Å²) in [6.45, 7) is 1.13. The minimum absolute atomic E-state index is 0.0525. The molecule has 0 radical (unpaired) electrons. The molecular weight excluding hydrogens is 206 g/mol. The molecule has 2 heterocycles. The number of nitrogens with two attached hydrogens (primary N) is 1. The number of aromatic nitrogens is 1. The summed E-state index contributed by atoms with van der Waals surface area (Å²) in [4.78, 5) is 17.1. The van der Waals surface area contributed by atoms with E-state index in [1.807, 2.05) is 12.1 Å². The van der Waals surface area contributed by atoms with Crippen LogP contribution in [0.25, 0.3) is 0 Å². The summed E-state index contributed by atoms with van der Waals surface area (Å²) in [5.74, 6) is 0.146. The highest BCUT2D eigenvalue weighted by molar-refractivity contribution is 5.68. The molecule has 0 spiro atoms. The third kappa shape index (κ3) is 1.99. The Labute approximate surface area is 94.2 Å². The molecule has 16 heavy (non-hydrogen) atoms. The fourth-order valence-electron chi connectivity index (χ4n) is 2.06. The first-order valence-electron chi connectivity index (χ1n) is 5.20. The lowest BCUT2D eigenvalue weighted by atomic mass is 9.97. The quantitative estimate of drug-likeness (QED) is 0.753. The van der Waals surface area contributed by atoms with E-state index in [0.717, 1.165) is 5.56 Å². The van der Waals surface area contributed by atoms with Crippen LogP contribution in [0.15, 0.2) is 24.5 Å². The normalized spacial score (nSPS) is 24.5. The summed E-state index contributed by atoms with van der Waals surface area (Å²) < 4.78 is 4.68. The molecule has 2 rings (SSSR count). The third-order valence-electron chi connectivity index (χ3n) is 2.91. The smallest absolute Gasteiger partial charge is 0.409 e. The topological polar surface area (TPSA) is 68.5 Å². The molecule has 1 saturated heterocycles. The van der Waals surface area contributed by atoms with E-state index in [0.29, 0.717) is 13.1 Å². The lowest BCUT2D eigenvalue weighted by Crippen LogP contribution is -2.32. The second-order valence-electron chi connectivity index (χ2n) is 3.93. The average Bonchev–Trinajstić information content (AvgIpc) is 2.71. The minimum Gasteiger partial charge on any atom is -0.453 e. The maximum absolute atomic E-state index is 11.4. The van der Waals surface area contributed by atoms with Gasteiger partial charge in [0.1, 0.15) is 0 Å². The number of nitrogens with zero attached hydrogens (tertiary/aromatic N) is 2. The molecule has 1 amide bonds. The van der Waals surface area contributed by atoms with E-state index in [1.54, 1.807) is 17.3 Å². The predicted octanol–water partition coefficient (Wildman–Crippen LogP) is 0.574. The number of methoxy groups -OCH3 is 1. The van der Waals surface area contributed by atoms with Gasteiger partial charge in [-0.15, -0.1) is 0 Å². The van der Waals surface area contributed by atoms with Gasteiger partial charge in [0.15, 0.2) is 0 Å². The van der Waals surface area contributed by atoms with Gasteiger partial charge in [0.2, 0.25) is 0 Å². The van der Waals surface area contributed by atoms with E-state index < -0.39 is 0 Å². The van der Waals surface area contributed by atoms with Crippen molar-refractivity contribution in [1.29, 1.82) is 0 Å². The summed E-state index contributed by atoms with van der Waals surface area (Å²) in [5, 5.41) is 0. The number of carbonyl (C=O) groups is 1. The molecule has 5 nitrogen and oxygen atoms in total. The number of hydrogen-bond donors (Lipinski definition) is 1. The number of likely N-dealkylation sites (tertiary alicyclic amines) is 1. The van der Waals surface area contributed by atoms with Gasteiger partial charge < -0.3 is 15.4 Å². The maximum atomic E-state index is 11.4. The van der Waals surface area contributed by atoms with E-state index >= 15 is 0 Å². The van der Waals surface area contributed by atoms with Crippen LogP contribution in [-0.4, -0.2) is 42.2 Å². The Balaban J connectivity index is 2.11. The van der Waals surface area contributed by atoms with E-state index in [2.05, 4.69) is 9.72 Å². The van der Waals surface area contributed by atoms with Crippen molar-refractivity contribution >= 4 is 6.09 Å². The van der Waals surface area contributed by atoms with Crippen molar-refractivity contribution in [3.63, 3.8) is 0 Å². The Morgan fingerprint density at radius 3 is 3.06 bits per heavy atom. The molecule has 1 aromatic rings. The van der Waals surface area contributed by atoms with Crippen LogP contribution in [0.5, 0.6) is 0 Å². The molecule has 2 unspecified atom stereocenters. The fraction of sp³-hybridized carbons (Fsp3) is 0.455. The van der Waals surface area contributed by atoms with Crippen LogP contribution in [0.2, 0.25) is 0 Å². The van der Waals surface area contributed by atoms with Crippen molar-refractivity contribution < 1.29 is 9.53 Å². The zero-order chi connectivity index (χ0) is 11.5. The number of pyridine rings is 1. The van der Waals surface area contributed by atoms with Crippen LogP contribution in [-0.2, 0) is 4.74 Å². The van der Waals surface area contributed by atoms with Crippen molar-refractivity contribution in [3.05, 3.63) is 30.1 Å². The van der Waals surface area contributed by atoms with Crippen molar-refractivity contribution in [1.82, 2.24) is 9.88 Å². The summed E-state index contributed by atoms with van der Waals surface area (Å²) >= 11 is 0. The van der Waals surface area contributed by atoms with Gasteiger partial charge in [-0.3, -0.25) is 4.98 Å². The number of hydrogen-bond acceptors (Lipinski definition) is 4. The molecule has 0 saturated carbocycles. The molecule has 1 aromatic heterocycles. The highest BCUT2D eigenvalue weighted by Crippen LogP contribution is 2.25. The first-order chi connectivity index (χ1) is 7.72. The monoisotopic (exact) mass is 221 g/mol. The van der Waals surface area contributed by atoms with Gasteiger partial charge in [-0.05, 0) is 11.6 Å². The second kappa shape index (κ2) is 4.49. The standard InChI is InChI=1S/C11H15N3O2/c1-16-11(15)14-6-9(10(12)7-14)8-3-2-4-13-5-8/h2-5,9-10H,6-7,12H2,1H3. The third-order valence-corrected chi connectivity index (χ3v) is 2.91. The van der Waals surface area contributed by atoms with Crippen molar-refractivity contribution in [2.24, 2.45) is 5.73 Å². The van der Waals surface area contributed by atoms with Crippen molar-refractivity contribution in [2.75, 3.05) is 20.2 Å². The Bertz CT molecular complexity index is 369. The summed E-state index contributed by atoms with van der Waals surface area (Å²) in [5.41, 5.74) is 7.09. The van der Waals surface area contributed by atoms with E-state index in [4.69, 9.17) is 5.73 Å².